The Balaban J connectivity index is 1.35. The lowest BCUT2D eigenvalue weighted by Gasteiger charge is -2.24. The summed E-state index contributed by atoms with van der Waals surface area (Å²) in [6.45, 7) is 2.50. The Hall–Kier alpha value is -3.09. The fourth-order valence-corrected chi connectivity index (χ4v) is 4.78. The van der Waals surface area contributed by atoms with Crippen molar-refractivity contribution >= 4 is 35.0 Å². The second kappa shape index (κ2) is 10.5. The van der Waals surface area contributed by atoms with E-state index in [4.69, 9.17) is 4.74 Å². The number of ether oxygens (including phenoxy) is 1. The molecular formula is C26H26N2O3S. The van der Waals surface area contributed by atoms with E-state index in [9.17, 15) is 9.59 Å². The second-order valence-corrected chi connectivity index (χ2v) is 8.66. The minimum absolute atomic E-state index is 0.00877. The van der Waals surface area contributed by atoms with Crippen LogP contribution >= 0.6 is 11.8 Å². The zero-order valence-corrected chi connectivity index (χ0v) is 18.8. The highest BCUT2D eigenvalue weighted by Crippen LogP contribution is 2.42. The minimum Gasteiger partial charge on any atom is -0.367 e. The van der Waals surface area contributed by atoms with Crippen LogP contribution in [-0.2, 0) is 27.4 Å². The van der Waals surface area contributed by atoms with Gasteiger partial charge in [0.2, 0.25) is 11.8 Å². The largest absolute Gasteiger partial charge is 0.367 e. The molecule has 1 aliphatic rings. The second-order valence-electron chi connectivity index (χ2n) is 7.60. The first kappa shape index (κ1) is 22.1. The van der Waals surface area contributed by atoms with E-state index in [1.807, 2.05) is 71.6 Å². The van der Waals surface area contributed by atoms with Crippen LogP contribution in [0.1, 0.15) is 29.0 Å². The standard InChI is InChI=1S/C26H26N2O3S/c1-2-19-8-14-23(15-9-19)28-25(30)18-32-26(28)21-10-12-22(13-11-21)27-24(29)17-31-16-20-6-4-3-5-7-20/h3-15,26H,2,16-18H2,1H3,(H,27,29)/t26-/m0/s1. The van der Waals surface area contributed by atoms with Gasteiger partial charge in [-0.1, -0.05) is 61.5 Å². The van der Waals surface area contributed by atoms with Gasteiger partial charge in [-0.15, -0.1) is 11.8 Å². The van der Waals surface area contributed by atoms with Crippen LogP contribution in [0.3, 0.4) is 0 Å². The Morgan fingerprint density at radius 1 is 1.00 bits per heavy atom. The van der Waals surface area contributed by atoms with Crippen LogP contribution in [-0.4, -0.2) is 24.2 Å². The normalized spacial score (nSPS) is 15.7. The van der Waals surface area contributed by atoms with Crippen molar-refractivity contribution in [2.45, 2.75) is 25.3 Å². The Kier molecular flexibility index (Phi) is 7.24. The van der Waals surface area contributed by atoms with E-state index < -0.39 is 0 Å². The van der Waals surface area contributed by atoms with Crippen molar-refractivity contribution in [2.75, 3.05) is 22.6 Å². The van der Waals surface area contributed by atoms with E-state index in [1.165, 1.54) is 5.56 Å². The van der Waals surface area contributed by atoms with Gasteiger partial charge in [-0.3, -0.25) is 14.5 Å². The fraction of sp³-hybridized carbons (Fsp3) is 0.231. The molecule has 0 unspecified atom stereocenters. The summed E-state index contributed by atoms with van der Waals surface area (Å²) in [5.74, 6) is 0.367. The summed E-state index contributed by atoms with van der Waals surface area (Å²) in [6.07, 6.45) is 0.969. The highest BCUT2D eigenvalue weighted by Gasteiger charge is 2.33. The molecule has 5 nitrogen and oxygen atoms in total. The topological polar surface area (TPSA) is 58.6 Å². The number of hydrogen-bond acceptors (Lipinski definition) is 4. The Labute approximate surface area is 192 Å². The van der Waals surface area contributed by atoms with E-state index in [2.05, 4.69) is 24.4 Å². The highest BCUT2D eigenvalue weighted by molar-refractivity contribution is 8.00. The molecule has 0 aromatic heterocycles. The molecule has 1 N–H and O–H groups in total. The van der Waals surface area contributed by atoms with Crippen molar-refractivity contribution in [1.29, 1.82) is 0 Å². The molecule has 164 valence electrons. The lowest BCUT2D eigenvalue weighted by atomic mass is 10.1. The molecule has 6 heteroatoms. The van der Waals surface area contributed by atoms with Crippen LogP contribution in [0.5, 0.6) is 0 Å². The fourth-order valence-electron chi connectivity index (χ4n) is 3.61. The summed E-state index contributed by atoms with van der Waals surface area (Å²) in [6, 6.07) is 25.6. The SMILES string of the molecule is CCc1ccc(N2C(=O)CS[C@H]2c2ccc(NC(=O)COCc3ccccc3)cc2)cc1. The lowest BCUT2D eigenvalue weighted by molar-refractivity contribution is -0.121. The van der Waals surface area contributed by atoms with Gasteiger partial charge in [-0.2, -0.15) is 0 Å². The van der Waals surface area contributed by atoms with Gasteiger partial charge in [0, 0.05) is 11.4 Å². The molecule has 0 aliphatic carbocycles. The number of carbonyl (C=O) groups excluding carboxylic acids is 2. The average molecular weight is 447 g/mol. The van der Waals surface area contributed by atoms with E-state index in [0.717, 1.165) is 23.2 Å². The minimum atomic E-state index is -0.197. The molecule has 3 aromatic carbocycles. The van der Waals surface area contributed by atoms with Crippen LogP contribution in [0.25, 0.3) is 0 Å². The van der Waals surface area contributed by atoms with Gasteiger partial charge in [-0.25, -0.2) is 0 Å². The van der Waals surface area contributed by atoms with Crippen LogP contribution in [0, 0.1) is 0 Å². The molecule has 1 heterocycles. The monoisotopic (exact) mass is 446 g/mol. The van der Waals surface area contributed by atoms with E-state index >= 15 is 0 Å². The Morgan fingerprint density at radius 2 is 1.72 bits per heavy atom. The van der Waals surface area contributed by atoms with Crippen molar-refractivity contribution in [3.63, 3.8) is 0 Å². The summed E-state index contributed by atoms with van der Waals surface area (Å²) in [5, 5.41) is 2.78. The number of hydrogen-bond donors (Lipinski definition) is 1. The zero-order valence-electron chi connectivity index (χ0n) is 18.0. The van der Waals surface area contributed by atoms with E-state index in [-0.39, 0.29) is 23.8 Å². The van der Waals surface area contributed by atoms with Gasteiger partial charge in [-0.05, 0) is 47.4 Å². The third-order valence-electron chi connectivity index (χ3n) is 5.31. The van der Waals surface area contributed by atoms with Gasteiger partial charge < -0.3 is 10.1 Å². The summed E-state index contributed by atoms with van der Waals surface area (Å²) in [7, 11) is 0. The van der Waals surface area contributed by atoms with Crippen molar-refractivity contribution in [3.8, 4) is 0 Å². The van der Waals surface area contributed by atoms with Crippen molar-refractivity contribution in [2.24, 2.45) is 0 Å². The summed E-state index contributed by atoms with van der Waals surface area (Å²) in [4.78, 5) is 26.6. The molecule has 1 saturated heterocycles. The smallest absolute Gasteiger partial charge is 0.250 e. The molecule has 0 saturated carbocycles. The molecule has 0 radical (unpaired) electrons. The van der Waals surface area contributed by atoms with Gasteiger partial charge in [0.15, 0.2) is 0 Å². The first-order valence-electron chi connectivity index (χ1n) is 10.7. The number of aryl methyl sites for hydroxylation is 1. The molecule has 4 rings (SSSR count). The molecule has 32 heavy (non-hydrogen) atoms. The molecule has 2 amide bonds. The lowest BCUT2D eigenvalue weighted by Crippen LogP contribution is -2.27. The van der Waals surface area contributed by atoms with Crippen molar-refractivity contribution in [1.82, 2.24) is 0 Å². The molecule has 0 bridgehead atoms. The van der Waals surface area contributed by atoms with Crippen LogP contribution < -0.4 is 10.2 Å². The predicted molar refractivity (Wildman–Crippen MR) is 130 cm³/mol. The predicted octanol–water partition coefficient (Wildman–Crippen LogP) is 5.18. The summed E-state index contributed by atoms with van der Waals surface area (Å²) in [5.41, 5.74) is 4.92. The number of rotatable bonds is 8. The summed E-state index contributed by atoms with van der Waals surface area (Å²) >= 11 is 1.61. The number of carbonyl (C=O) groups is 2. The van der Waals surface area contributed by atoms with E-state index in [0.29, 0.717) is 18.0 Å². The van der Waals surface area contributed by atoms with E-state index in [1.54, 1.807) is 11.8 Å². The van der Waals surface area contributed by atoms with Gasteiger partial charge >= 0.3 is 0 Å². The number of amides is 2. The zero-order chi connectivity index (χ0) is 22.3. The molecule has 1 aliphatic heterocycles. The van der Waals surface area contributed by atoms with Crippen molar-refractivity contribution in [3.05, 3.63) is 95.6 Å². The number of anilines is 2. The molecular weight excluding hydrogens is 420 g/mol. The molecule has 0 spiro atoms. The number of nitrogens with one attached hydrogen (secondary N) is 1. The third kappa shape index (κ3) is 5.39. The first-order valence-corrected chi connectivity index (χ1v) is 11.7. The highest BCUT2D eigenvalue weighted by atomic mass is 32.2. The Morgan fingerprint density at radius 3 is 2.41 bits per heavy atom. The quantitative estimate of drug-likeness (QED) is 0.518. The average Bonchev–Trinajstić information content (AvgIpc) is 3.21. The van der Waals surface area contributed by atoms with Gasteiger partial charge in [0.1, 0.15) is 12.0 Å². The van der Waals surface area contributed by atoms with Gasteiger partial charge in [0.05, 0.1) is 12.4 Å². The first-order chi connectivity index (χ1) is 15.6. The van der Waals surface area contributed by atoms with Gasteiger partial charge in [0.25, 0.3) is 0 Å². The maximum Gasteiger partial charge on any atom is 0.250 e. The van der Waals surface area contributed by atoms with Crippen LogP contribution in [0.15, 0.2) is 78.9 Å². The maximum absolute atomic E-state index is 12.6. The Bertz CT molecular complexity index is 1050. The number of nitrogens with zero attached hydrogens (tertiary/aromatic N) is 1. The van der Waals surface area contributed by atoms with Crippen LogP contribution in [0.4, 0.5) is 11.4 Å². The number of thioether (sulfide) groups is 1. The van der Waals surface area contributed by atoms with Crippen LogP contribution in [0.2, 0.25) is 0 Å². The molecule has 1 atom stereocenters. The third-order valence-corrected chi connectivity index (χ3v) is 6.53. The maximum atomic E-state index is 12.6. The van der Waals surface area contributed by atoms with Crippen molar-refractivity contribution < 1.29 is 14.3 Å². The molecule has 3 aromatic rings. The summed E-state index contributed by atoms with van der Waals surface area (Å²) < 4.78 is 5.49. The molecule has 1 fully saturated rings. The number of benzene rings is 3.